The van der Waals surface area contributed by atoms with Crippen LogP contribution in [-0.4, -0.2) is 19.7 Å². The summed E-state index contributed by atoms with van der Waals surface area (Å²) in [4.78, 5) is 12.6. The number of carbonyl (C=O) groups excluding carboxylic acids is 1. The fraction of sp³-hybridized carbons (Fsp3) is 0.263. The molecule has 0 aliphatic heterocycles. The Balaban J connectivity index is 2.57. The van der Waals surface area contributed by atoms with E-state index >= 15 is 0 Å². The van der Waals surface area contributed by atoms with Gasteiger partial charge in [-0.25, -0.2) is 9.18 Å². The van der Waals surface area contributed by atoms with Crippen LogP contribution in [0.15, 0.2) is 48.5 Å². The van der Waals surface area contributed by atoms with Crippen molar-refractivity contribution in [3.8, 4) is 11.8 Å². The van der Waals surface area contributed by atoms with Crippen molar-refractivity contribution in [3.63, 3.8) is 0 Å². The van der Waals surface area contributed by atoms with Gasteiger partial charge in [0.25, 0.3) is 0 Å². The van der Waals surface area contributed by atoms with Crippen molar-refractivity contribution in [1.29, 1.82) is 5.26 Å². The van der Waals surface area contributed by atoms with Crippen LogP contribution in [0.5, 0.6) is 5.75 Å². The average molecular weight is 327 g/mol. The molecular weight excluding hydrogens is 309 g/mol. The van der Waals surface area contributed by atoms with Crippen molar-refractivity contribution >= 4 is 5.97 Å². The smallest absolute Gasteiger partial charge is 0.331 e. The van der Waals surface area contributed by atoms with Crippen LogP contribution in [0.1, 0.15) is 18.1 Å². The molecule has 0 saturated heterocycles. The Hall–Kier alpha value is -2.87. The van der Waals surface area contributed by atoms with E-state index in [0.717, 1.165) is 5.56 Å². The Morgan fingerprint density at radius 3 is 2.54 bits per heavy atom. The first kappa shape index (κ1) is 17.5. The first-order valence-electron chi connectivity index (χ1n) is 7.53. The van der Waals surface area contributed by atoms with Crippen LogP contribution in [0.2, 0.25) is 0 Å². The van der Waals surface area contributed by atoms with E-state index in [1.807, 2.05) is 30.3 Å². The average Bonchev–Trinajstić information content (AvgIpc) is 2.61. The summed E-state index contributed by atoms with van der Waals surface area (Å²) < 4.78 is 23.8. The Morgan fingerprint density at radius 2 is 1.96 bits per heavy atom. The van der Waals surface area contributed by atoms with Gasteiger partial charge in [-0.1, -0.05) is 36.4 Å². The maximum absolute atomic E-state index is 13.7. The number of nitrogens with zero attached hydrogens (tertiary/aromatic N) is 1. The van der Waals surface area contributed by atoms with Crippen molar-refractivity contribution in [2.45, 2.75) is 18.8 Å². The Bertz CT molecular complexity index is 755. The summed E-state index contributed by atoms with van der Waals surface area (Å²) in [7, 11) is 1.33. The number of esters is 1. The summed E-state index contributed by atoms with van der Waals surface area (Å²) in [5, 5.41) is 9.84. The molecule has 5 heteroatoms. The van der Waals surface area contributed by atoms with Crippen LogP contribution < -0.4 is 4.74 Å². The molecule has 0 saturated carbocycles. The van der Waals surface area contributed by atoms with Gasteiger partial charge in [-0.3, -0.25) is 0 Å². The van der Waals surface area contributed by atoms with Crippen molar-refractivity contribution in [3.05, 3.63) is 65.5 Å². The highest BCUT2D eigenvalue weighted by molar-refractivity contribution is 5.87. The van der Waals surface area contributed by atoms with E-state index in [4.69, 9.17) is 9.47 Å². The Morgan fingerprint density at radius 1 is 1.25 bits per heavy atom. The molecule has 2 rings (SSSR count). The number of hydrogen-bond acceptors (Lipinski definition) is 4. The Labute approximate surface area is 140 Å². The molecule has 1 atom stereocenters. The zero-order valence-corrected chi connectivity index (χ0v) is 13.6. The summed E-state index contributed by atoms with van der Waals surface area (Å²) in [6.45, 7) is 1.82. The fourth-order valence-electron chi connectivity index (χ4n) is 2.52. The highest BCUT2D eigenvalue weighted by atomic mass is 19.1. The van der Waals surface area contributed by atoms with E-state index in [9.17, 15) is 14.4 Å². The number of benzene rings is 2. The molecule has 2 aromatic carbocycles. The minimum Gasteiger partial charge on any atom is -0.494 e. The van der Waals surface area contributed by atoms with Gasteiger partial charge in [0.1, 0.15) is 0 Å². The Kier molecular flexibility index (Phi) is 5.54. The number of carbonyl (C=O) groups is 1. The molecule has 0 N–H and O–H groups in total. The second-order valence-corrected chi connectivity index (χ2v) is 5.25. The standard InChI is InChI=1S/C19H18FNO3/c1-3-24-18(22)19(13-21,12-14-7-5-4-6-8-14)15-9-10-16(20)17(11-15)23-2/h4-11H,3,12H2,1-2H3/t19-/m1/s1. The molecule has 0 radical (unpaired) electrons. The number of hydrogen-bond donors (Lipinski definition) is 0. The summed E-state index contributed by atoms with van der Waals surface area (Å²) in [5.74, 6) is -1.24. The molecule has 2 aromatic rings. The quantitative estimate of drug-likeness (QED) is 0.763. The van der Waals surface area contributed by atoms with Gasteiger partial charge in [-0.05, 0) is 30.2 Å². The van der Waals surface area contributed by atoms with Crippen molar-refractivity contribution in [2.24, 2.45) is 0 Å². The molecule has 0 fully saturated rings. The lowest BCUT2D eigenvalue weighted by Gasteiger charge is -2.25. The zero-order chi connectivity index (χ0) is 17.6. The van der Waals surface area contributed by atoms with Crippen LogP contribution >= 0.6 is 0 Å². The molecule has 0 spiro atoms. The lowest BCUT2D eigenvalue weighted by Crippen LogP contribution is -2.38. The van der Waals surface area contributed by atoms with Crippen LogP contribution in [0.25, 0.3) is 0 Å². The molecule has 4 nitrogen and oxygen atoms in total. The second kappa shape index (κ2) is 7.60. The molecular formula is C19H18FNO3. The number of rotatable bonds is 6. The molecule has 124 valence electrons. The van der Waals surface area contributed by atoms with E-state index in [2.05, 4.69) is 6.07 Å². The van der Waals surface area contributed by atoms with E-state index < -0.39 is 17.2 Å². The molecule has 24 heavy (non-hydrogen) atoms. The first-order chi connectivity index (χ1) is 11.6. The van der Waals surface area contributed by atoms with Crippen molar-refractivity contribution in [1.82, 2.24) is 0 Å². The highest BCUT2D eigenvalue weighted by Gasteiger charge is 2.43. The largest absolute Gasteiger partial charge is 0.494 e. The van der Waals surface area contributed by atoms with Gasteiger partial charge in [0.05, 0.1) is 19.8 Å². The minimum absolute atomic E-state index is 0.0236. The summed E-state index contributed by atoms with van der Waals surface area (Å²) >= 11 is 0. The third-order valence-corrected chi connectivity index (χ3v) is 3.77. The van der Waals surface area contributed by atoms with Crippen molar-refractivity contribution < 1.29 is 18.7 Å². The lowest BCUT2D eigenvalue weighted by atomic mass is 9.76. The molecule has 0 unspecified atom stereocenters. The number of methoxy groups -OCH3 is 1. The molecule has 0 aliphatic carbocycles. The van der Waals surface area contributed by atoms with Crippen LogP contribution in [0, 0.1) is 17.1 Å². The molecule has 0 heterocycles. The van der Waals surface area contributed by atoms with Gasteiger partial charge >= 0.3 is 5.97 Å². The van der Waals surface area contributed by atoms with Gasteiger partial charge in [-0.15, -0.1) is 0 Å². The highest BCUT2D eigenvalue weighted by Crippen LogP contribution is 2.33. The van der Waals surface area contributed by atoms with E-state index in [1.54, 1.807) is 6.92 Å². The van der Waals surface area contributed by atoms with Crippen LogP contribution in [0.3, 0.4) is 0 Å². The van der Waals surface area contributed by atoms with E-state index in [1.165, 1.54) is 25.3 Å². The molecule has 0 amide bonds. The fourth-order valence-corrected chi connectivity index (χ4v) is 2.52. The maximum Gasteiger partial charge on any atom is 0.331 e. The lowest BCUT2D eigenvalue weighted by molar-refractivity contribution is -0.147. The van der Waals surface area contributed by atoms with Gasteiger partial charge in [-0.2, -0.15) is 5.26 Å². The second-order valence-electron chi connectivity index (χ2n) is 5.25. The summed E-state index contributed by atoms with van der Waals surface area (Å²) in [5.41, 5.74) is -0.431. The molecule has 0 aliphatic rings. The third kappa shape index (κ3) is 3.38. The van der Waals surface area contributed by atoms with Crippen LogP contribution in [0.4, 0.5) is 4.39 Å². The number of halogens is 1. The third-order valence-electron chi connectivity index (χ3n) is 3.77. The van der Waals surface area contributed by atoms with E-state index in [-0.39, 0.29) is 18.8 Å². The normalized spacial score (nSPS) is 12.8. The maximum atomic E-state index is 13.7. The van der Waals surface area contributed by atoms with Gasteiger partial charge in [0, 0.05) is 6.42 Å². The number of ether oxygens (including phenoxy) is 2. The SMILES string of the molecule is CCOC(=O)[C@@](C#N)(Cc1ccccc1)c1ccc(F)c(OC)c1. The van der Waals surface area contributed by atoms with E-state index in [0.29, 0.717) is 5.56 Å². The van der Waals surface area contributed by atoms with Gasteiger partial charge in [0.2, 0.25) is 0 Å². The van der Waals surface area contributed by atoms with Gasteiger partial charge in [0.15, 0.2) is 17.0 Å². The predicted octanol–water partition coefficient (Wildman–Crippen LogP) is 3.40. The first-order valence-corrected chi connectivity index (χ1v) is 7.53. The van der Waals surface area contributed by atoms with Crippen LogP contribution in [-0.2, 0) is 21.4 Å². The zero-order valence-electron chi connectivity index (χ0n) is 13.6. The molecule has 0 aromatic heterocycles. The number of nitriles is 1. The topological polar surface area (TPSA) is 59.3 Å². The predicted molar refractivity (Wildman–Crippen MR) is 87.0 cm³/mol. The summed E-state index contributed by atoms with van der Waals surface area (Å²) in [6, 6.07) is 15.2. The van der Waals surface area contributed by atoms with Gasteiger partial charge < -0.3 is 9.47 Å². The monoisotopic (exact) mass is 327 g/mol. The minimum atomic E-state index is -1.57. The molecule has 0 bridgehead atoms. The summed E-state index contributed by atoms with van der Waals surface area (Å²) in [6.07, 6.45) is 0.123. The van der Waals surface area contributed by atoms with Crippen molar-refractivity contribution in [2.75, 3.05) is 13.7 Å².